The average molecular weight is 215 g/mol. The number of hydrogen-bond acceptors (Lipinski definition) is 2. The summed E-state index contributed by atoms with van der Waals surface area (Å²) < 4.78 is 30.0. The molecule has 0 saturated carbocycles. The van der Waals surface area contributed by atoms with Gasteiger partial charge in [0, 0.05) is 0 Å². The normalized spacial score (nSPS) is 11.6. The Bertz CT molecular complexity index is 380. The van der Waals surface area contributed by atoms with Gasteiger partial charge in [-0.1, -0.05) is 12.1 Å². The molecular weight excluding hydrogens is 204 g/mol. The molecule has 4 nitrogen and oxygen atoms in total. The van der Waals surface area contributed by atoms with Crippen LogP contribution in [0, 0.1) is 0 Å². The minimum Gasteiger partial charge on any atom is -0.282 e. The van der Waals surface area contributed by atoms with Gasteiger partial charge in [0.05, 0.1) is 11.5 Å². The van der Waals surface area contributed by atoms with E-state index in [1.54, 1.807) is 12.1 Å². The second-order valence-corrected chi connectivity index (χ2v) is 4.35. The van der Waals surface area contributed by atoms with Crippen LogP contribution in [0.25, 0.3) is 0 Å². The van der Waals surface area contributed by atoms with Crippen LogP contribution in [0.4, 0.5) is 0 Å². The Labute approximate surface area is 82.9 Å². The molecule has 0 aliphatic heterocycles. The van der Waals surface area contributed by atoms with E-state index in [2.05, 4.69) is 0 Å². The average Bonchev–Trinajstić information content (AvgIpc) is 2.14. The first-order valence-corrected chi connectivity index (χ1v) is 5.62. The van der Waals surface area contributed by atoms with Crippen molar-refractivity contribution in [3.63, 3.8) is 0 Å². The van der Waals surface area contributed by atoms with Crippen molar-refractivity contribution in [2.75, 3.05) is 6.61 Å². The molecule has 77 valence electrons. The summed E-state index contributed by atoms with van der Waals surface area (Å²) in [7, 11) is -4.10. The molecule has 1 aromatic rings. The fourth-order valence-corrected chi connectivity index (χ4v) is 1.58. The van der Waals surface area contributed by atoms with Crippen LogP contribution in [0.2, 0.25) is 0 Å². The van der Waals surface area contributed by atoms with Crippen LogP contribution in [0.5, 0.6) is 0 Å². The van der Waals surface area contributed by atoms with Crippen LogP contribution < -0.4 is 0 Å². The van der Waals surface area contributed by atoms with Crippen LogP contribution in [-0.4, -0.2) is 19.6 Å². The molecule has 0 unspecified atom stereocenters. The highest BCUT2D eigenvalue weighted by Gasteiger charge is 2.07. The van der Waals surface area contributed by atoms with Gasteiger partial charge in [-0.3, -0.25) is 4.55 Å². The Morgan fingerprint density at radius 1 is 1.14 bits per heavy atom. The Morgan fingerprint density at radius 3 is 2.14 bits per heavy atom. The Morgan fingerprint density at radius 2 is 1.71 bits per heavy atom. The standard InChI is InChI=1S/C9H11O4S/c10-7-1-2-8-3-5-9(6-4-8)14(11,12)13/h3-6H,1-2,7H2,(H,11,12,13). The first-order valence-electron chi connectivity index (χ1n) is 4.18. The summed E-state index contributed by atoms with van der Waals surface area (Å²) >= 11 is 0. The number of rotatable bonds is 4. The molecule has 0 fully saturated rings. The molecule has 0 amide bonds. The lowest BCUT2D eigenvalue weighted by Crippen LogP contribution is -1.98. The van der Waals surface area contributed by atoms with Gasteiger partial charge >= 0.3 is 0 Å². The quantitative estimate of drug-likeness (QED) is 0.769. The van der Waals surface area contributed by atoms with E-state index in [1.165, 1.54) is 12.1 Å². The van der Waals surface area contributed by atoms with Crippen molar-refractivity contribution in [2.45, 2.75) is 17.7 Å². The molecule has 1 radical (unpaired) electrons. The fourth-order valence-electron chi connectivity index (χ4n) is 1.10. The van der Waals surface area contributed by atoms with Crippen molar-refractivity contribution in [2.24, 2.45) is 0 Å². The summed E-state index contributed by atoms with van der Waals surface area (Å²) in [4.78, 5) is -0.122. The predicted octanol–water partition coefficient (Wildman–Crippen LogP) is 1.30. The molecule has 0 atom stereocenters. The van der Waals surface area contributed by atoms with E-state index >= 15 is 0 Å². The maximum Gasteiger partial charge on any atom is 0.294 e. The highest BCUT2D eigenvalue weighted by molar-refractivity contribution is 7.85. The van der Waals surface area contributed by atoms with Crippen molar-refractivity contribution in [3.05, 3.63) is 29.8 Å². The van der Waals surface area contributed by atoms with Gasteiger partial charge in [-0.2, -0.15) is 8.42 Å². The SMILES string of the molecule is [O]CCCc1ccc(S(=O)(=O)O)cc1. The van der Waals surface area contributed by atoms with Gasteiger partial charge < -0.3 is 0 Å². The van der Waals surface area contributed by atoms with Crippen molar-refractivity contribution in [3.8, 4) is 0 Å². The zero-order valence-corrected chi connectivity index (χ0v) is 8.33. The highest BCUT2D eigenvalue weighted by Crippen LogP contribution is 2.11. The van der Waals surface area contributed by atoms with Crippen LogP contribution >= 0.6 is 0 Å². The second-order valence-electron chi connectivity index (χ2n) is 2.93. The fraction of sp³-hybridized carbons (Fsp3) is 0.333. The topological polar surface area (TPSA) is 74.3 Å². The highest BCUT2D eigenvalue weighted by atomic mass is 32.2. The van der Waals surface area contributed by atoms with Gasteiger partial charge in [0.1, 0.15) is 0 Å². The summed E-state index contributed by atoms with van der Waals surface area (Å²) in [5, 5.41) is 10.2. The Balaban J connectivity index is 2.79. The van der Waals surface area contributed by atoms with Crippen molar-refractivity contribution < 1.29 is 18.1 Å². The number of aryl methyl sites for hydroxylation is 1. The van der Waals surface area contributed by atoms with E-state index in [4.69, 9.17) is 4.55 Å². The molecule has 1 N–H and O–H groups in total. The Hall–Kier alpha value is -0.910. The van der Waals surface area contributed by atoms with Crippen LogP contribution in [0.15, 0.2) is 29.2 Å². The third-order valence-electron chi connectivity index (χ3n) is 1.83. The molecule has 0 aromatic heterocycles. The summed E-state index contributed by atoms with van der Waals surface area (Å²) in [6.45, 7) is -0.139. The van der Waals surface area contributed by atoms with Crippen LogP contribution in [-0.2, 0) is 21.6 Å². The van der Waals surface area contributed by atoms with Gasteiger partial charge in [0.15, 0.2) is 0 Å². The van der Waals surface area contributed by atoms with Gasteiger partial charge in [0.2, 0.25) is 0 Å². The minimum absolute atomic E-state index is 0.122. The predicted molar refractivity (Wildman–Crippen MR) is 50.1 cm³/mol. The van der Waals surface area contributed by atoms with E-state index in [9.17, 15) is 13.5 Å². The molecule has 1 aromatic carbocycles. The smallest absolute Gasteiger partial charge is 0.282 e. The maximum atomic E-state index is 10.7. The van der Waals surface area contributed by atoms with Gasteiger partial charge in [0.25, 0.3) is 10.1 Å². The summed E-state index contributed by atoms with van der Waals surface area (Å²) in [5.74, 6) is 0. The van der Waals surface area contributed by atoms with Gasteiger partial charge in [-0.15, -0.1) is 0 Å². The molecule has 0 bridgehead atoms. The lowest BCUT2D eigenvalue weighted by Gasteiger charge is -2.00. The minimum atomic E-state index is -4.10. The third kappa shape index (κ3) is 3.10. The first-order chi connectivity index (χ1) is 6.54. The van der Waals surface area contributed by atoms with E-state index in [-0.39, 0.29) is 11.5 Å². The van der Waals surface area contributed by atoms with Crippen molar-refractivity contribution in [1.29, 1.82) is 0 Å². The zero-order chi connectivity index (χ0) is 10.6. The van der Waals surface area contributed by atoms with Gasteiger partial charge in [-0.05, 0) is 30.5 Å². The molecule has 0 heterocycles. The second kappa shape index (κ2) is 4.54. The van der Waals surface area contributed by atoms with Crippen molar-refractivity contribution >= 4 is 10.1 Å². The lowest BCUT2D eigenvalue weighted by molar-refractivity contribution is 0.189. The summed E-state index contributed by atoms with van der Waals surface area (Å²) in [5.41, 5.74) is 0.897. The number of benzene rings is 1. The molecular formula is C9H11O4S. The first kappa shape index (κ1) is 11.2. The lowest BCUT2D eigenvalue weighted by atomic mass is 10.1. The van der Waals surface area contributed by atoms with Crippen LogP contribution in [0.3, 0.4) is 0 Å². The molecule has 0 aliphatic rings. The summed E-state index contributed by atoms with van der Waals surface area (Å²) in [6.07, 6.45) is 1.17. The van der Waals surface area contributed by atoms with Gasteiger partial charge in [-0.25, -0.2) is 5.11 Å². The van der Waals surface area contributed by atoms with Crippen molar-refractivity contribution in [1.82, 2.24) is 0 Å². The largest absolute Gasteiger partial charge is 0.294 e. The van der Waals surface area contributed by atoms with E-state index in [0.29, 0.717) is 12.8 Å². The molecule has 5 heteroatoms. The molecule has 1 rings (SSSR count). The number of hydrogen-bond donors (Lipinski definition) is 1. The van der Waals surface area contributed by atoms with Crippen LogP contribution in [0.1, 0.15) is 12.0 Å². The Kier molecular flexibility index (Phi) is 3.62. The molecule has 0 aliphatic carbocycles. The van der Waals surface area contributed by atoms with E-state index in [1.807, 2.05) is 0 Å². The zero-order valence-electron chi connectivity index (χ0n) is 7.51. The monoisotopic (exact) mass is 215 g/mol. The van der Waals surface area contributed by atoms with E-state index < -0.39 is 10.1 Å². The molecule has 0 spiro atoms. The summed E-state index contributed by atoms with van der Waals surface area (Å²) in [6, 6.07) is 5.85. The third-order valence-corrected chi connectivity index (χ3v) is 2.70. The molecule has 0 saturated heterocycles. The maximum absolute atomic E-state index is 10.7. The van der Waals surface area contributed by atoms with E-state index in [0.717, 1.165) is 5.56 Å². The molecule has 14 heavy (non-hydrogen) atoms.